The molecule has 2 aromatic rings. The maximum Gasteiger partial charge on any atom is 0.194 e. The van der Waals surface area contributed by atoms with Crippen molar-refractivity contribution in [2.45, 2.75) is 37.8 Å². The van der Waals surface area contributed by atoms with Crippen molar-refractivity contribution in [3.63, 3.8) is 0 Å². The number of aromatic nitrogens is 2. The number of rotatable bonds is 1. The first-order valence-corrected chi connectivity index (χ1v) is 7.11. The highest BCUT2D eigenvalue weighted by Crippen LogP contribution is 2.38. The summed E-state index contributed by atoms with van der Waals surface area (Å²) in [6.07, 6.45) is 4.05. The third kappa shape index (κ3) is 1.97. The van der Waals surface area contributed by atoms with Gasteiger partial charge in [0, 0.05) is 23.2 Å². The van der Waals surface area contributed by atoms with Crippen molar-refractivity contribution < 1.29 is 13.2 Å². The Labute approximate surface area is 119 Å². The Morgan fingerprint density at radius 3 is 2.62 bits per heavy atom. The van der Waals surface area contributed by atoms with E-state index in [0.717, 1.165) is 49.1 Å². The van der Waals surface area contributed by atoms with Crippen LogP contribution in [0.1, 0.15) is 36.6 Å². The zero-order valence-electron chi connectivity index (χ0n) is 11.2. The van der Waals surface area contributed by atoms with Crippen molar-refractivity contribution in [3.8, 4) is 11.3 Å². The number of aromatic amines is 1. The van der Waals surface area contributed by atoms with Gasteiger partial charge in [0.05, 0.1) is 11.4 Å². The van der Waals surface area contributed by atoms with Crippen molar-refractivity contribution in [3.05, 3.63) is 40.8 Å². The van der Waals surface area contributed by atoms with Crippen LogP contribution >= 0.6 is 0 Å². The third-order valence-electron chi connectivity index (χ3n) is 4.44. The molecule has 2 unspecified atom stereocenters. The summed E-state index contributed by atoms with van der Waals surface area (Å²) in [5.74, 6) is -3.81. The lowest BCUT2D eigenvalue weighted by Gasteiger charge is -2.35. The molecule has 1 aromatic carbocycles. The number of piperidine rings is 1. The normalized spacial score (nSPS) is 24.0. The predicted octanol–water partition coefficient (Wildman–Crippen LogP) is 3.23. The van der Waals surface area contributed by atoms with Crippen molar-refractivity contribution in [2.75, 3.05) is 0 Å². The molecule has 0 radical (unpaired) electrons. The van der Waals surface area contributed by atoms with E-state index in [2.05, 4.69) is 15.5 Å². The largest absolute Gasteiger partial charge is 0.306 e. The van der Waals surface area contributed by atoms with Crippen molar-refractivity contribution in [1.82, 2.24) is 15.5 Å². The van der Waals surface area contributed by atoms with Crippen LogP contribution in [-0.4, -0.2) is 16.2 Å². The molecule has 21 heavy (non-hydrogen) atoms. The van der Waals surface area contributed by atoms with Crippen LogP contribution in [0.3, 0.4) is 0 Å². The second kappa shape index (κ2) is 4.59. The lowest BCUT2D eigenvalue weighted by Crippen LogP contribution is -2.42. The molecule has 4 rings (SSSR count). The number of H-pyrrole nitrogens is 1. The van der Waals surface area contributed by atoms with Gasteiger partial charge in [0.2, 0.25) is 0 Å². The lowest BCUT2D eigenvalue weighted by molar-refractivity contribution is 0.298. The van der Waals surface area contributed by atoms with Crippen LogP contribution in [0, 0.1) is 17.5 Å². The SMILES string of the molecule is Fc1cc(-c2n[nH]c3c2CC2CCCC3N2)cc(F)c1F. The number of hydrogen-bond acceptors (Lipinski definition) is 2. The minimum Gasteiger partial charge on any atom is -0.306 e. The average molecular weight is 293 g/mol. The molecule has 3 heterocycles. The summed E-state index contributed by atoms with van der Waals surface area (Å²) in [7, 11) is 0. The zero-order valence-corrected chi connectivity index (χ0v) is 11.2. The van der Waals surface area contributed by atoms with Gasteiger partial charge in [-0.1, -0.05) is 0 Å². The first-order valence-electron chi connectivity index (χ1n) is 7.11. The Morgan fingerprint density at radius 1 is 1.10 bits per heavy atom. The predicted molar refractivity (Wildman–Crippen MR) is 71.1 cm³/mol. The van der Waals surface area contributed by atoms with Gasteiger partial charge in [-0.15, -0.1) is 0 Å². The van der Waals surface area contributed by atoms with E-state index >= 15 is 0 Å². The third-order valence-corrected chi connectivity index (χ3v) is 4.44. The fraction of sp³-hybridized carbons (Fsp3) is 0.400. The molecular weight excluding hydrogens is 279 g/mol. The fourth-order valence-electron chi connectivity index (χ4n) is 3.46. The molecule has 1 aromatic heterocycles. The monoisotopic (exact) mass is 293 g/mol. The van der Waals surface area contributed by atoms with E-state index in [-0.39, 0.29) is 11.6 Å². The van der Waals surface area contributed by atoms with Gasteiger partial charge in [0.1, 0.15) is 0 Å². The lowest BCUT2D eigenvalue weighted by atomic mass is 9.84. The van der Waals surface area contributed by atoms with Gasteiger partial charge in [-0.25, -0.2) is 13.2 Å². The van der Waals surface area contributed by atoms with Gasteiger partial charge in [0.25, 0.3) is 0 Å². The van der Waals surface area contributed by atoms with Gasteiger partial charge in [-0.05, 0) is 37.8 Å². The summed E-state index contributed by atoms with van der Waals surface area (Å²) in [6, 6.07) is 2.62. The summed E-state index contributed by atoms with van der Waals surface area (Å²) in [5, 5.41) is 10.7. The van der Waals surface area contributed by atoms with Crippen molar-refractivity contribution in [1.29, 1.82) is 0 Å². The van der Waals surface area contributed by atoms with Gasteiger partial charge >= 0.3 is 0 Å². The molecule has 1 fully saturated rings. The highest BCUT2D eigenvalue weighted by Gasteiger charge is 2.33. The molecule has 0 amide bonds. The van der Waals surface area contributed by atoms with E-state index in [4.69, 9.17) is 0 Å². The highest BCUT2D eigenvalue weighted by molar-refractivity contribution is 5.65. The number of nitrogens with one attached hydrogen (secondary N) is 2. The Kier molecular flexibility index (Phi) is 2.82. The number of halogens is 3. The highest BCUT2D eigenvalue weighted by atomic mass is 19.2. The van der Waals surface area contributed by atoms with Crippen LogP contribution in [0.15, 0.2) is 12.1 Å². The van der Waals surface area contributed by atoms with Crippen LogP contribution in [0.2, 0.25) is 0 Å². The Morgan fingerprint density at radius 2 is 1.86 bits per heavy atom. The van der Waals surface area contributed by atoms with Crippen molar-refractivity contribution in [2.24, 2.45) is 0 Å². The minimum atomic E-state index is -1.44. The van der Waals surface area contributed by atoms with Crippen LogP contribution < -0.4 is 5.32 Å². The summed E-state index contributed by atoms with van der Waals surface area (Å²) in [6.45, 7) is 0. The summed E-state index contributed by atoms with van der Waals surface area (Å²) >= 11 is 0. The second-order valence-electron chi connectivity index (χ2n) is 5.77. The topological polar surface area (TPSA) is 40.7 Å². The molecule has 1 saturated heterocycles. The molecule has 3 nitrogen and oxygen atoms in total. The quantitative estimate of drug-likeness (QED) is 0.793. The summed E-state index contributed by atoms with van der Waals surface area (Å²) < 4.78 is 39.9. The fourth-order valence-corrected chi connectivity index (χ4v) is 3.46. The summed E-state index contributed by atoms with van der Waals surface area (Å²) in [5.41, 5.74) is 2.80. The minimum absolute atomic E-state index is 0.226. The van der Waals surface area contributed by atoms with Crippen LogP contribution in [-0.2, 0) is 6.42 Å². The number of hydrogen-bond donors (Lipinski definition) is 2. The Hall–Kier alpha value is -1.82. The first-order chi connectivity index (χ1) is 10.1. The molecular formula is C15H14F3N3. The summed E-state index contributed by atoms with van der Waals surface area (Å²) in [4.78, 5) is 0. The molecule has 0 aliphatic carbocycles. The van der Waals surface area contributed by atoms with Crippen molar-refractivity contribution >= 4 is 0 Å². The maximum atomic E-state index is 13.4. The van der Waals surface area contributed by atoms with E-state index in [1.807, 2.05) is 0 Å². The van der Waals surface area contributed by atoms with E-state index < -0.39 is 17.5 Å². The second-order valence-corrected chi connectivity index (χ2v) is 5.77. The van der Waals surface area contributed by atoms with Gasteiger partial charge < -0.3 is 5.32 Å². The molecule has 2 bridgehead atoms. The molecule has 110 valence electrons. The molecule has 2 N–H and O–H groups in total. The number of benzene rings is 1. The van der Waals surface area contributed by atoms with Crippen LogP contribution in [0.5, 0.6) is 0 Å². The zero-order chi connectivity index (χ0) is 14.6. The van der Waals surface area contributed by atoms with Gasteiger partial charge in [0.15, 0.2) is 17.5 Å². The molecule has 2 aliphatic rings. The molecule has 2 atom stereocenters. The maximum absolute atomic E-state index is 13.4. The van der Waals surface area contributed by atoms with Crippen LogP contribution in [0.4, 0.5) is 13.2 Å². The van der Waals surface area contributed by atoms with E-state index in [9.17, 15) is 13.2 Å². The van der Waals surface area contributed by atoms with Gasteiger partial charge in [-0.3, -0.25) is 5.10 Å². The van der Waals surface area contributed by atoms with Crippen LogP contribution in [0.25, 0.3) is 11.3 Å². The Bertz CT molecular complexity index is 687. The smallest absolute Gasteiger partial charge is 0.194 e. The standard InChI is InChI=1S/C15H14F3N3/c16-10-4-7(5-11(17)13(10)18)14-9-6-8-2-1-3-12(19-8)15(9)21-20-14/h4-5,8,12,19H,1-3,6H2,(H,20,21). The van der Waals surface area contributed by atoms with Gasteiger partial charge in [-0.2, -0.15) is 5.10 Å². The molecule has 2 aliphatic heterocycles. The van der Waals surface area contributed by atoms with E-state index in [1.54, 1.807) is 0 Å². The molecule has 0 spiro atoms. The van der Waals surface area contributed by atoms with E-state index in [1.165, 1.54) is 0 Å². The number of fused-ring (bicyclic) bond motifs is 4. The van der Waals surface area contributed by atoms with E-state index in [0.29, 0.717) is 11.7 Å². The number of nitrogens with zero attached hydrogens (tertiary/aromatic N) is 1. The Balaban J connectivity index is 1.83. The average Bonchev–Trinajstić information content (AvgIpc) is 2.88. The molecule has 0 saturated carbocycles. The first kappa shape index (κ1) is 12.9. The molecule has 6 heteroatoms.